The van der Waals surface area contributed by atoms with Crippen LogP contribution in [0.2, 0.25) is 0 Å². The molecule has 0 unspecified atom stereocenters. The largest absolute Gasteiger partial charge is 0.408 e. The molecule has 7 nitrogen and oxygen atoms in total. The number of rotatable bonds is 5. The van der Waals surface area contributed by atoms with Gasteiger partial charge in [-0.25, -0.2) is 19.3 Å². The van der Waals surface area contributed by atoms with Gasteiger partial charge in [-0.2, -0.15) is 13.2 Å². The number of H-pyrrole nitrogens is 1. The number of alkyl halides is 3. The second-order valence-corrected chi connectivity index (χ2v) is 5.80. The Morgan fingerprint density at radius 2 is 2.14 bits per heavy atom. The Kier molecular flexibility index (Phi) is 5.25. The van der Waals surface area contributed by atoms with Crippen molar-refractivity contribution in [1.29, 1.82) is 0 Å². The van der Waals surface area contributed by atoms with Gasteiger partial charge in [0, 0.05) is 24.0 Å². The van der Waals surface area contributed by atoms with Crippen molar-refractivity contribution in [2.45, 2.75) is 18.6 Å². The number of hydrogen-bond acceptors (Lipinski definition) is 5. The summed E-state index contributed by atoms with van der Waals surface area (Å²) in [5.74, 6) is -2.09. The summed E-state index contributed by atoms with van der Waals surface area (Å²) in [4.78, 5) is 26.2. The molecule has 3 aromatic rings. The quantitative estimate of drug-likeness (QED) is 0.577. The zero-order valence-electron chi connectivity index (χ0n) is 14.2. The summed E-state index contributed by atoms with van der Waals surface area (Å²) in [5, 5.41) is 1.88. The monoisotopic (exact) mass is 394 g/mol. The fourth-order valence-corrected chi connectivity index (χ4v) is 2.36. The predicted molar refractivity (Wildman–Crippen MR) is 93.5 cm³/mol. The molecule has 0 aliphatic carbocycles. The van der Waals surface area contributed by atoms with Gasteiger partial charge in [-0.1, -0.05) is 12.2 Å². The first-order valence-corrected chi connectivity index (χ1v) is 8.00. The summed E-state index contributed by atoms with van der Waals surface area (Å²) < 4.78 is 53.5. The summed E-state index contributed by atoms with van der Waals surface area (Å²) in [5.41, 5.74) is 5.92. The molecule has 1 atom stereocenters. The lowest BCUT2D eigenvalue weighted by molar-refractivity contribution is -0.152. The first-order chi connectivity index (χ1) is 13.2. The van der Waals surface area contributed by atoms with Crippen LogP contribution in [-0.4, -0.2) is 38.1 Å². The maximum absolute atomic E-state index is 13.7. The van der Waals surface area contributed by atoms with E-state index in [0.29, 0.717) is 5.52 Å². The van der Waals surface area contributed by atoms with Crippen LogP contribution < -0.4 is 11.1 Å². The molecule has 1 amide bonds. The van der Waals surface area contributed by atoms with Crippen LogP contribution in [-0.2, 0) is 0 Å². The van der Waals surface area contributed by atoms with Crippen molar-refractivity contribution in [1.82, 2.24) is 25.3 Å². The molecule has 0 bridgehead atoms. The van der Waals surface area contributed by atoms with Crippen LogP contribution in [0.1, 0.15) is 22.6 Å². The van der Waals surface area contributed by atoms with E-state index in [9.17, 15) is 22.4 Å². The van der Waals surface area contributed by atoms with Gasteiger partial charge < -0.3 is 16.0 Å². The van der Waals surface area contributed by atoms with Gasteiger partial charge in [0.2, 0.25) is 0 Å². The summed E-state index contributed by atoms with van der Waals surface area (Å²) in [6, 6.07) is 1.95. The molecule has 4 N–H and O–H groups in total. The number of nitrogens with one attached hydrogen (secondary N) is 2. The molecule has 3 aromatic heterocycles. The second kappa shape index (κ2) is 7.62. The van der Waals surface area contributed by atoms with Crippen molar-refractivity contribution in [3.05, 3.63) is 53.9 Å². The van der Waals surface area contributed by atoms with Gasteiger partial charge in [0.25, 0.3) is 5.91 Å². The van der Waals surface area contributed by atoms with Gasteiger partial charge in [-0.05, 0) is 18.6 Å². The van der Waals surface area contributed by atoms with E-state index in [1.54, 1.807) is 12.1 Å². The van der Waals surface area contributed by atoms with Crippen molar-refractivity contribution >= 4 is 29.0 Å². The molecular weight excluding hydrogens is 380 g/mol. The molecule has 0 aliphatic heterocycles. The van der Waals surface area contributed by atoms with Crippen LogP contribution in [0.25, 0.3) is 17.2 Å². The van der Waals surface area contributed by atoms with E-state index in [1.165, 1.54) is 6.20 Å². The Morgan fingerprint density at radius 1 is 1.36 bits per heavy atom. The molecule has 3 rings (SSSR count). The third-order valence-electron chi connectivity index (χ3n) is 3.75. The number of amides is 1. The molecule has 0 radical (unpaired) electrons. The number of anilines is 1. The number of halogens is 4. The number of pyridine rings is 2. The number of nitrogens with zero attached hydrogens (tertiary/aromatic N) is 3. The minimum Gasteiger partial charge on any atom is -0.384 e. The maximum Gasteiger partial charge on any atom is 0.408 e. The van der Waals surface area contributed by atoms with Gasteiger partial charge in [-0.3, -0.25) is 4.79 Å². The third-order valence-corrected chi connectivity index (χ3v) is 3.75. The van der Waals surface area contributed by atoms with Crippen LogP contribution in [0.3, 0.4) is 0 Å². The van der Waals surface area contributed by atoms with Gasteiger partial charge in [0.05, 0.1) is 5.52 Å². The van der Waals surface area contributed by atoms with Crippen LogP contribution in [0.15, 0.2) is 36.7 Å². The number of imidazole rings is 1. The first-order valence-electron chi connectivity index (χ1n) is 8.00. The normalized spacial score (nSPS) is 13.1. The highest BCUT2D eigenvalue weighted by atomic mass is 19.4. The number of aromatic amines is 1. The van der Waals surface area contributed by atoms with E-state index in [4.69, 9.17) is 5.73 Å². The number of aromatic nitrogens is 4. The van der Waals surface area contributed by atoms with Crippen molar-refractivity contribution < 1.29 is 22.4 Å². The summed E-state index contributed by atoms with van der Waals surface area (Å²) in [6.45, 7) is 0. The Hall–Kier alpha value is -3.50. The lowest BCUT2D eigenvalue weighted by Gasteiger charge is -2.19. The van der Waals surface area contributed by atoms with E-state index < -0.39 is 30.4 Å². The molecule has 0 fully saturated rings. The number of nitrogen functional groups attached to an aromatic ring is 1. The highest BCUT2D eigenvalue weighted by Gasteiger charge is 2.40. The molecule has 28 heavy (non-hydrogen) atoms. The number of nitrogens with two attached hydrogens (primary N) is 1. The summed E-state index contributed by atoms with van der Waals surface area (Å²) >= 11 is 0. The number of hydrogen-bond donors (Lipinski definition) is 3. The standard InChI is InChI=1S/C17H14F4N6O/c18-10-7-13(22)24-8-9(10)3-1-5-12(17(19,20)21)26-16(28)15-25-11-4-2-6-23-14(11)27-15/h1-4,6-8,12H,5H2,(H2,22,24)(H,26,28)(H,23,25,27)/b3-1+/t12-/m1/s1. The Morgan fingerprint density at radius 3 is 2.82 bits per heavy atom. The van der Waals surface area contributed by atoms with Gasteiger partial charge >= 0.3 is 6.18 Å². The third kappa shape index (κ3) is 4.42. The Balaban J connectivity index is 1.73. The zero-order chi connectivity index (χ0) is 20.3. The molecule has 0 aromatic carbocycles. The van der Waals surface area contributed by atoms with Crippen molar-refractivity contribution in [2.75, 3.05) is 5.73 Å². The minimum absolute atomic E-state index is 0.0233. The second-order valence-electron chi connectivity index (χ2n) is 5.80. The highest BCUT2D eigenvalue weighted by molar-refractivity contribution is 5.93. The Labute approximate surface area is 155 Å². The summed E-state index contributed by atoms with van der Waals surface area (Å²) in [7, 11) is 0. The number of carbonyl (C=O) groups excluding carboxylic acids is 1. The topological polar surface area (TPSA) is 110 Å². The van der Waals surface area contributed by atoms with Crippen molar-refractivity contribution in [3.63, 3.8) is 0 Å². The lowest BCUT2D eigenvalue weighted by atomic mass is 10.1. The predicted octanol–water partition coefficient (Wildman–Crippen LogP) is 2.84. The van der Waals surface area contributed by atoms with E-state index in [1.807, 2.05) is 5.32 Å². The molecule has 0 aliphatic rings. The maximum atomic E-state index is 13.7. The Bertz CT molecular complexity index is 997. The summed E-state index contributed by atoms with van der Waals surface area (Å²) in [6.07, 6.45) is -0.560. The fourth-order valence-electron chi connectivity index (χ4n) is 2.36. The molecular formula is C17H14F4N6O. The lowest BCUT2D eigenvalue weighted by Crippen LogP contribution is -2.45. The molecule has 3 heterocycles. The van der Waals surface area contributed by atoms with Gasteiger partial charge in [0.1, 0.15) is 17.7 Å². The van der Waals surface area contributed by atoms with Crippen molar-refractivity contribution in [2.24, 2.45) is 0 Å². The minimum atomic E-state index is -4.72. The number of fused-ring (bicyclic) bond motifs is 1. The smallest absolute Gasteiger partial charge is 0.384 e. The van der Waals surface area contributed by atoms with Gasteiger partial charge in [0.15, 0.2) is 11.5 Å². The average molecular weight is 394 g/mol. The van der Waals surface area contributed by atoms with E-state index in [-0.39, 0.29) is 22.9 Å². The van der Waals surface area contributed by atoms with E-state index in [0.717, 1.165) is 24.4 Å². The molecule has 11 heteroatoms. The van der Waals surface area contributed by atoms with E-state index in [2.05, 4.69) is 19.9 Å². The fraction of sp³-hybridized carbons (Fsp3) is 0.176. The molecule has 0 saturated carbocycles. The van der Waals surface area contributed by atoms with Crippen LogP contribution in [0.4, 0.5) is 23.4 Å². The SMILES string of the molecule is Nc1cc(F)c(/C=C/C[C@@H](NC(=O)c2nc3ncccc3[nH]2)C(F)(F)F)cn1. The average Bonchev–Trinajstić information content (AvgIpc) is 3.06. The molecule has 146 valence electrons. The number of carbonyl (C=O) groups is 1. The molecule has 0 saturated heterocycles. The zero-order valence-corrected chi connectivity index (χ0v) is 14.2. The molecule has 0 spiro atoms. The van der Waals surface area contributed by atoms with E-state index >= 15 is 0 Å². The van der Waals surface area contributed by atoms with Gasteiger partial charge in [-0.15, -0.1) is 0 Å². The highest BCUT2D eigenvalue weighted by Crippen LogP contribution is 2.24. The van der Waals surface area contributed by atoms with Crippen LogP contribution in [0.5, 0.6) is 0 Å². The van der Waals surface area contributed by atoms with Crippen LogP contribution >= 0.6 is 0 Å². The van der Waals surface area contributed by atoms with Crippen LogP contribution in [0, 0.1) is 5.82 Å². The first kappa shape index (κ1) is 19.3. The van der Waals surface area contributed by atoms with Crippen molar-refractivity contribution in [3.8, 4) is 0 Å².